The van der Waals surface area contributed by atoms with Crippen molar-refractivity contribution in [2.24, 2.45) is 16.3 Å². The number of fused-ring (bicyclic) bond motifs is 2. The normalized spacial score (nSPS) is 36.5. The summed E-state index contributed by atoms with van der Waals surface area (Å²) in [4.78, 5) is 7.01. The minimum atomic E-state index is 0.417. The molecule has 1 N–H and O–H groups in total. The number of ether oxygens (including phenoxy) is 2. The van der Waals surface area contributed by atoms with Crippen molar-refractivity contribution in [3.63, 3.8) is 0 Å². The summed E-state index contributed by atoms with van der Waals surface area (Å²) in [6, 6.07) is 0.576. The number of hydrogen-bond acceptors (Lipinski definition) is 3. The summed E-state index contributed by atoms with van der Waals surface area (Å²) in [7, 11) is 1.92. The lowest BCUT2D eigenvalue weighted by Gasteiger charge is -2.63. The lowest BCUT2D eigenvalue weighted by molar-refractivity contribution is -0.171. The molecule has 3 unspecified atom stereocenters. The Bertz CT molecular complexity index is 455. The quantitative estimate of drug-likeness (QED) is 0.638. The lowest BCUT2D eigenvalue weighted by atomic mass is 9.46. The van der Waals surface area contributed by atoms with Crippen LogP contribution >= 0.6 is 0 Å². The van der Waals surface area contributed by atoms with Crippen LogP contribution < -0.4 is 5.32 Å². The van der Waals surface area contributed by atoms with Gasteiger partial charge in [-0.15, -0.1) is 0 Å². The Kier molecular flexibility index (Phi) is 4.26. The molecule has 2 aliphatic heterocycles. The third kappa shape index (κ3) is 2.47. The predicted molar refractivity (Wildman–Crippen MR) is 90.6 cm³/mol. The Balaban J connectivity index is 1.38. The van der Waals surface area contributed by atoms with Gasteiger partial charge < -0.3 is 19.7 Å². The maximum Gasteiger partial charge on any atom is 0.193 e. The van der Waals surface area contributed by atoms with E-state index < -0.39 is 0 Å². The van der Waals surface area contributed by atoms with Crippen LogP contribution in [0.5, 0.6) is 0 Å². The Labute approximate surface area is 139 Å². The van der Waals surface area contributed by atoms with Gasteiger partial charge in [0.2, 0.25) is 0 Å². The zero-order chi connectivity index (χ0) is 15.9. The topological polar surface area (TPSA) is 46.1 Å². The number of piperidine rings is 1. The molecule has 0 bridgehead atoms. The van der Waals surface area contributed by atoms with Gasteiger partial charge in [0.15, 0.2) is 5.96 Å². The highest BCUT2D eigenvalue weighted by molar-refractivity contribution is 5.80. The lowest BCUT2D eigenvalue weighted by Crippen LogP contribution is -2.72. The van der Waals surface area contributed by atoms with Crippen LogP contribution in [0.25, 0.3) is 0 Å². The van der Waals surface area contributed by atoms with E-state index in [9.17, 15) is 0 Å². The highest BCUT2D eigenvalue weighted by atomic mass is 16.5. The maximum atomic E-state index is 6.03. The second kappa shape index (κ2) is 6.25. The van der Waals surface area contributed by atoms with Crippen molar-refractivity contribution in [3.8, 4) is 0 Å². The van der Waals surface area contributed by atoms with E-state index in [1.807, 2.05) is 7.05 Å². The van der Waals surface area contributed by atoms with E-state index in [1.165, 1.54) is 25.7 Å². The number of hydrogen-bond donors (Lipinski definition) is 1. The van der Waals surface area contributed by atoms with E-state index in [0.29, 0.717) is 29.6 Å². The highest BCUT2D eigenvalue weighted by Crippen LogP contribution is 2.62. The van der Waals surface area contributed by atoms with Gasteiger partial charge in [0, 0.05) is 50.7 Å². The summed E-state index contributed by atoms with van der Waals surface area (Å²) >= 11 is 0. The van der Waals surface area contributed by atoms with Gasteiger partial charge in [0.1, 0.15) is 0 Å². The molecule has 0 radical (unpaired) electrons. The van der Waals surface area contributed by atoms with Gasteiger partial charge in [0.25, 0.3) is 0 Å². The molecular weight excluding hydrogens is 290 g/mol. The molecule has 5 nitrogen and oxygen atoms in total. The summed E-state index contributed by atoms with van der Waals surface area (Å²) in [5, 5.41) is 3.84. The first-order valence-electron chi connectivity index (χ1n) is 9.50. The number of guanidine groups is 1. The number of rotatable bonds is 3. The standard InChI is InChI=1S/C18H31N3O2/c1-3-22-13-5-10-21(11-6-13)17(19-2)20-15-14-7-12-23-16(14)18(15)8-4-9-18/h13-16H,3-12H2,1-2H3,(H,19,20). The first-order valence-corrected chi connectivity index (χ1v) is 9.50. The van der Waals surface area contributed by atoms with Crippen LogP contribution in [-0.2, 0) is 9.47 Å². The Morgan fingerprint density at radius 2 is 2.09 bits per heavy atom. The third-order valence-corrected chi connectivity index (χ3v) is 6.68. The van der Waals surface area contributed by atoms with Gasteiger partial charge in [-0.2, -0.15) is 0 Å². The first-order chi connectivity index (χ1) is 11.3. The molecule has 23 heavy (non-hydrogen) atoms. The van der Waals surface area contributed by atoms with E-state index in [1.54, 1.807) is 0 Å². The number of nitrogens with zero attached hydrogens (tertiary/aromatic N) is 2. The van der Waals surface area contributed by atoms with Crippen LogP contribution in [0.3, 0.4) is 0 Å². The fourth-order valence-electron chi connectivity index (χ4n) is 5.36. The molecule has 130 valence electrons. The number of aliphatic imine (C=N–C) groups is 1. The van der Waals surface area contributed by atoms with Crippen LogP contribution in [0, 0.1) is 11.3 Å². The van der Waals surface area contributed by atoms with Gasteiger partial charge in [-0.25, -0.2) is 0 Å². The van der Waals surface area contributed by atoms with Crippen molar-refractivity contribution >= 4 is 5.96 Å². The maximum absolute atomic E-state index is 6.03. The third-order valence-electron chi connectivity index (χ3n) is 6.68. The van der Waals surface area contributed by atoms with E-state index in [-0.39, 0.29) is 0 Å². The van der Waals surface area contributed by atoms with Crippen LogP contribution in [0.2, 0.25) is 0 Å². The van der Waals surface area contributed by atoms with Crippen LogP contribution in [0.1, 0.15) is 45.4 Å². The van der Waals surface area contributed by atoms with E-state index in [2.05, 4.69) is 22.1 Å². The van der Waals surface area contributed by atoms with Gasteiger partial charge in [-0.05, 0) is 39.0 Å². The van der Waals surface area contributed by atoms with Crippen molar-refractivity contribution < 1.29 is 9.47 Å². The van der Waals surface area contributed by atoms with Gasteiger partial charge in [0.05, 0.1) is 12.2 Å². The fourth-order valence-corrected chi connectivity index (χ4v) is 5.36. The molecular formula is C18H31N3O2. The van der Waals surface area contributed by atoms with Crippen molar-refractivity contribution in [3.05, 3.63) is 0 Å². The number of nitrogens with one attached hydrogen (secondary N) is 1. The molecule has 3 atom stereocenters. The summed E-state index contributed by atoms with van der Waals surface area (Å²) in [6.07, 6.45) is 8.42. The summed E-state index contributed by atoms with van der Waals surface area (Å²) in [5.41, 5.74) is 0.417. The molecule has 5 heteroatoms. The summed E-state index contributed by atoms with van der Waals surface area (Å²) in [5.74, 6) is 1.80. The van der Waals surface area contributed by atoms with Crippen LogP contribution in [0.4, 0.5) is 0 Å². The molecule has 4 rings (SSSR count). The van der Waals surface area contributed by atoms with Gasteiger partial charge in [-0.1, -0.05) is 6.42 Å². The summed E-state index contributed by atoms with van der Waals surface area (Å²) < 4.78 is 11.8. The van der Waals surface area contributed by atoms with E-state index in [4.69, 9.17) is 9.47 Å². The average Bonchev–Trinajstić information content (AvgIpc) is 2.93. The molecule has 1 spiro atoms. The second-order valence-corrected chi connectivity index (χ2v) is 7.64. The molecule has 2 heterocycles. The second-order valence-electron chi connectivity index (χ2n) is 7.64. The van der Waals surface area contributed by atoms with E-state index >= 15 is 0 Å². The van der Waals surface area contributed by atoms with E-state index in [0.717, 1.165) is 45.1 Å². The molecule has 4 aliphatic rings. The predicted octanol–water partition coefficient (Wildman–Crippen LogP) is 2.02. The molecule has 2 saturated heterocycles. The van der Waals surface area contributed by atoms with Crippen LogP contribution in [-0.4, -0.2) is 62.5 Å². The smallest absolute Gasteiger partial charge is 0.193 e. The fraction of sp³-hybridized carbons (Fsp3) is 0.944. The van der Waals surface area contributed by atoms with Crippen molar-refractivity contribution in [1.82, 2.24) is 10.2 Å². The van der Waals surface area contributed by atoms with Crippen LogP contribution in [0.15, 0.2) is 4.99 Å². The zero-order valence-corrected chi connectivity index (χ0v) is 14.6. The zero-order valence-electron chi connectivity index (χ0n) is 14.6. The molecule has 0 amide bonds. The molecule has 2 saturated carbocycles. The Hall–Kier alpha value is -0.810. The molecule has 0 aromatic heterocycles. The molecule has 4 fully saturated rings. The van der Waals surface area contributed by atoms with Gasteiger partial charge in [-0.3, -0.25) is 4.99 Å². The average molecular weight is 321 g/mol. The first kappa shape index (κ1) is 15.7. The van der Waals surface area contributed by atoms with Crippen molar-refractivity contribution in [2.75, 3.05) is 33.4 Å². The molecule has 2 aliphatic carbocycles. The number of likely N-dealkylation sites (tertiary alicyclic amines) is 1. The molecule has 0 aromatic carbocycles. The van der Waals surface area contributed by atoms with Gasteiger partial charge >= 0.3 is 0 Å². The monoisotopic (exact) mass is 321 g/mol. The van der Waals surface area contributed by atoms with Crippen molar-refractivity contribution in [2.45, 2.75) is 63.7 Å². The Morgan fingerprint density at radius 3 is 2.70 bits per heavy atom. The minimum absolute atomic E-state index is 0.417. The Morgan fingerprint density at radius 1 is 1.30 bits per heavy atom. The molecule has 0 aromatic rings. The summed E-state index contributed by atoms with van der Waals surface area (Å²) in [6.45, 7) is 5.96. The SMILES string of the molecule is CCOC1CCN(C(=NC)NC2C3CCOC3C23CCC3)CC1. The highest BCUT2D eigenvalue weighted by Gasteiger charge is 2.66. The van der Waals surface area contributed by atoms with Crippen molar-refractivity contribution in [1.29, 1.82) is 0 Å². The largest absolute Gasteiger partial charge is 0.378 e. The minimum Gasteiger partial charge on any atom is -0.378 e.